The predicted octanol–water partition coefficient (Wildman–Crippen LogP) is 2.64. The largest absolute Gasteiger partial charge is 0.490 e. The highest BCUT2D eigenvalue weighted by Gasteiger charge is 2.09. The van der Waals surface area contributed by atoms with E-state index in [1.165, 1.54) is 7.11 Å². The van der Waals surface area contributed by atoms with Crippen LogP contribution in [0.3, 0.4) is 0 Å². The lowest BCUT2D eigenvalue weighted by Gasteiger charge is -2.09. The molecule has 1 heterocycles. The third-order valence-electron chi connectivity index (χ3n) is 1.85. The molecule has 0 amide bonds. The number of hydrogen-bond donors (Lipinski definition) is 0. The highest BCUT2D eigenvalue weighted by Crippen LogP contribution is 2.27. The van der Waals surface area contributed by atoms with Gasteiger partial charge in [0.1, 0.15) is 5.75 Å². The Morgan fingerprint density at radius 1 is 1.53 bits per heavy atom. The fraction of sp³-hybridized carbons (Fsp3) is 0.545. The van der Waals surface area contributed by atoms with Gasteiger partial charge in [0.05, 0.1) is 19.6 Å². The molecule has 0 bridgehead atoms. The van der Waals surface area contributed by atoms with Crippen LogP contribution in [0, 0.1) is 0 Å². The molecular weight excluding hydrogens is 212 g/mol. The molecule has 84 valence electrons. The Morgan fingerprint density at radius 3 is 2.87 bits per heavy atom. The van der Waals surface area contributed by atoms with E-state index in [1.54, 1.807) is 11.3 Å². The molecule has 0 aliphatic carbocycles. The molecule has 1 aromatic heterocycles. The van der Waals surface area contributed by atoms with Crippen LogP contribution in [-0.2, 0) is 16.0 Å². The van der Waals surface area contributed by atoms with Gasteiger partial charge in [-0.1, -0.05) is 0 Å². The van der Waals surface area contributed by atoms with Crippen LogP contribution in [0.25, 0.3) is 0 Å². The number of aryl methyl sites for hydroxylation is 1. The number of carbonyl (C=O) groups excluding carboxylic acids is 1. The van der Waals surface area contributed by atoms with Crippen molar-refractivity contribution in [1.82, 2.24) is 0 Å². The van der Waals surface area contributed by atoms with Crippen molar-refractivity contribution in [2.45, 2.75) is 32.8 Å². The van der Waals surface area contributed by atoms with E-state index in [2.05, 4.69) is 4.74 Å². The molecule has 0 radical (unpaired) electrons. The Balaban J connectivity index is 2.53. The summed E-state index contributed by atoms with van der Waals surface area (Å²) in [6, 6.07) is 1.94. The van der Waals surface area contributed by atoms with Crippen LogP contribution in [0.15, 0.2) is 11.4 Å². The van der Waals surface area contributed by atoms with Crippen LogP contribution in [0.5, 0.6) is 5.75 Å². The van der Waals surface area contributed by atoms with E-state index in [-0.39, 0.29) is 12.1 Å². The van der Waals surface area contributed by atoms with Gasteiger partial charge in [0, 0.05) is 4.88 Å². The first-order valence-corrected chi connectivity index (χ1v) is 5.81. The maximum Gasteiger partial charge on any atom is 0.305 e. The minimum absolute atomic E-state index is 0.163. The average molecular weight is 228 g/mol. The number of thiophene rings is 1. The van der Waals surface area contributed by atoms with Gasteiger partial charge < -0.3 is 9.47 Å². The molecule has 0 aliphatic heterocycles. The van der Waals surface area contributed by atoms with Crippen molar-refractivity contribution in [2.24, 2.45) is 0 Å². The van der Waals surface area contributed by atoms with Gasteiger partial charge in [-0.15, -0.1) is 11.3 Å². The summed E-state index contributed by atoms with van der Waals surface area (Å²) in [5.41, 5.74) is 0. The summed E-state index contributed by atoms with van der Waals surface area (Å²) in [7, 11) is 1.41. The summed E-state index contributed by atoms with van der Waals surface area (Å²) in [4.78, 5) is 12.1. The molecule has 0 saturated heterocycles. The van der Waals surface area contributed by atoms with Crippen molar-refractivity contribution in [3.05, 3.63) is 16.3 Å². The quantitative estimate of drug-likeness (QED) is 0.727. The fourth-order valence-corrected chi connectivity index (χ4v) is 2.00. The van der Waals surface area contributed by atoms with E-state index in [1.807, 2.05) is 25.3 Å². The number of ether oxygens (including phenoxy) is 2. The highest BCUT2D eigenvalue weighted by atomic mass is 32.1. The number of methoxy groups -OCH3 is 1. The molecule has 0 spiro atoms. The summed E-state index contributed by atoms with van der Waals surface area (Å²) in [5.74, 6) is 0.706. The zero-order valence-electron chi connectivity index (χ0n) is 9.28. The zero-order chi connectivity index (χ0) is 11.3. The Kier molecular flexibility index (Phi) is 4.62. The van der Waals surface area contributed by atoms with Crippen LogP contribution >= 0.6 is 11.3 Å². The Hall–Kier alpha value is -1.03. The second-order valence-electron chi connectivity index (χ2n) is 3.45. The van der Waals surface area contributed by atoms with Crippen molar-refractivity contribution in [1.29, 1.82) is 0 Å². The van der Waals surface area contributed by atoms with Gasteiger partial charge in [-0.05, 0) is 31.7 Å². The minimum atomic E-state index is -0.182. The number of esters is 1. The molecule has 0 atom stereocenters. The Bertz CT molecular complexity index is 317. The third kappa shape index (κ3) is 3.91. The van der Waals surface area contributed by atoms with Gasteiger partial charge in [-0.3, -0.25) is 4.79 Å². The van der Waals surface area contributed by atoms with Crippen molar-refractivity contribution in [2.75, 3.05) is 7.11 Å². The first kappa shape index (κ1) is 12.0. The topological polar surface area (TPSA) is 35.5 Å². The van der Waals surface area contributed by atoms with Crippen LogP contribution < -0.4 is 4.74 Å². The third-order valence-corrected chi connectivity index (χ3v) is 2.81. The summed E-state index contributed by atoms with van der Waals surface area (Å²) < 4.78 is 10.2. The lowest BCUT2D eigenvalue weighted by molar-refractivity contribution is -0.140. The Morgan fingerprint density at radius 2 is 2.27 bits per heavy atom. The van der Waals surface area contributed by atoms with Gasteiger partial charge in [0.25, 0.3) is 0 Å². The van der Waals surface area contributed by atoms with E-state index < -0.39 is 0 Å². The molecular formula is C11H16O3S. The molecule has 0 N–H and O–H groups in total. The summed E-state index contributed by atoms with van der Waals surface area (Å²) in [6.07, 6.45) is 1.26. The van der Waals surface area contributed by atoms with E-state index in [0.29, 0.717) is 12.8 Å². The predicted molar refractivity (Wildman–Crippen MR) is 60.4 cm³/mol. The molecule has 0 aliphatic rings. The van der Waals surface area contributed by atoms with Gasteiger partial charge in [-0.2, -0.15) is 0 Å². The normalized spacial score (nSPS) is 10.4. The molecule has 1 aromatic rings. The molecule has 0 unspecified atom stereocenters. The van der Waals surface area contributed by atoms with Crippen LogP contribution in [0.1, 0.15) is 25.1 Å². The second-order valence-corrected chi connectivity index (χ2v) is 4.45. The average Bonchev–Trinajstić information content (AvgIpc) is 2.61. The van der Waals surface area contributed by atoms with Crippen molar-refractivity contribution >= 4 is 17.3 Å². The summed E-state index contributed by atoms with van der Waals surface area (Å²) in [6.45, 7) is 3.98. The number of rotatable bonds is 5. The Labute approximate surface area is 94.0 Å². The molecule has 1 rings (SSSR count). The van der Waals surface area contributed by atoms with Gasteiger partial charge in [0.2, 0.25) is 0 Å². The standard InChI is InChI=1S/C11H16O3S/c1-8(2)14-9-6-7-15-10(9)4-5-11(12)13-3/h6-8H,4-5H2,1-3H3. The molecule has 15 heavy (non-hydrogen) atoms. The van der Waals surface area contributed by atoms with Crippen molar-refractivity contribution in [3.8, 4) is 5.75 Å². The van der Waals surface area contributed by atoms with Crippen LogP contribution in [0.4, 0.5) is 0 Å². The SMILES string of the molecule is COC(=O)CCc1sccc1OC(C)C. The second kappa shape index (κ2) is 5.75. The van der Waals surface area contributed by atoms with Crippen molar-refractivity contribution < 1.29 is 14.3 Å². The number of carbonyl (C=O) groups is 1. The maximum atomic E-state index is 11.0. The van der Waals surface area contributed by atoms with E-state index in [9.17, 15) is 4.79 Å². The highest BCUT2D eigenvalue weighted by molar-refractivity contribution is 7.10. The maximum absolute atomic E-state index is 11.0. The minimum Gasteiger partial charge on any atom is -0.490 e. The monoisotopic (exact) mass is 228 g/mol. The lowest BCUT2D eigenvalue weighted by atomic mass is 10.2. The number of hydrogen-bond acceptors (Lipinski definition) is 4. The zero-order valence-corrected chi connectivity index (χ0v) is 10.1. The summed E-state index contributed by atoms with van der Waals surface area (Å²) >= 11 is 1.61. The smallest absolute Gasteiger partial charge is 0.305 e. The van der Waals surface area contributed by atoms with E-state index >= 15 is 0 Å². The molecule has 0 fully saturated rings. The summed E-state index contributed by atoms with van der Waals surface area (Å²) in [5, 5.41) is 1.98. The van der Waals surface area contributed by atoms with Gasteiger partial charge in [-0.25, -0.2) is 0 Å². The van der Waals surface area contributed by atoms with E-state index in [4.69, 9.17) is 4.74 Å². The molecule has 4 heteroatoms. The lowest BCUT2D eigenvalue weighted by Crippen LogP contribution is -2.07. The first-order valence-electron chi connectivity index (χ1n) is 4.93. The first-order chi connectivity index (χ1) is 7.13. The van der Waals surface area contributed by atoms with Gasteiger partial charge in [0.15, 0.2) is 0 Å². The molecule has 0 aromatic carbocycles. The van der Waals surface area contributed by atoms with Crippen LogP contribution in [0.2, 0.25) is 0 Å². The fourth-order valence-electron chi connectivity index (χ4n) is 1.19. The van der Waals surface area contributed by atoms with Gasteiger partial charge >= 0.3 is 5.97 Å². The van der Waals surface area contributed by atoms with Crippen molar-refractivity contribution in [3.63, 3.8) is 0 Å². The van der Waals surface area contributed by atoms with E-state index in [0.717, 1.165) is 10.6 Å². The molecule has 0 saturated carbocycles. The van der Waals surface area contributed by atoms with Crippen LogP contribution in [-0.4, -0.2) is 19.2 Å². The molecule has 3 nitrogen and oxygen atoms in total.